The third-order valence-electron chi connectivity index (χ3n) is 3.50. The van der Waals surface area contributed by atoms with E-state index in [9.17, 15) is 14.9 Å². The van der Waals surface area contributed by atoms with E-state index >= 15 is 0 Å². The van der Waals surface area contributed by atoms with Gasteiger partial charge >= 0.3 is 0 Å². The van der Waals surface area contributed by atoms with Crippen LogP contribution in [-0.2, 0) is 17.9 Å². The van der Waals surface area contributed by atoms with Crippen LogP contribution in [0.1, 0.15) is 16.7 Å². The van der Waals surface area contributed by atoms with E-state index < -0.39 is 4.92 Å². The molecule has 6 heteroatoms. The minimum atomic E-state index is -0.464. The monoisotopic (exact) mass is 339 g/mol. The molecule has 0 heterocycles. The zero-order valence-corrected chi connectivity index (χ0v) is 14.3. The second-order valence-electron chi connectivity index (χ2n) is 5.92. The van der Waals surface area contributed by atoms with Crippen LogP contribution in [0, 0.1) is 10.1 Å². The lowest BCUT2D eigenvalue weighted by atomic mass is 10.1. The summed E-state index contributed by atoms with van der Waals surface area (Å²) in [5.74, 6) is -0.295. The van der Waals surface area contributed by atoms with Gasteiger partial charge in [0.2, 0.25) is 5.91 Å². The number of nitro benzene ring substituents is 1. The number of nitrogens with one attached hydrogen (secondary N) is 1. The van der Waals surface area contributed by atoms with E-state index in [1.54, 1.807) is 18.2 Å². The Balaban J connectivity index is 1.96. The lowest BCUT2D eigenvalue weighted by Gasteiger charge is -2.11. The van der Waals surface area contributed by atoms with Gasteiger partial charge in [0.1, 0.15) is 0 Å². The number of benzene rings is 2. The van der Waals surface area contributed by atoms with Crippen LogP contribution >= 0.6 is 0 Å². The SMILES string of the molecule is CN(C)Cc1cccc(CNC(=O)C=Cc2ccccc2[N+](=O)[O-])c1. The van der Waals surface area contributed by atoms with Gasteiger partial charge in [-0.05, 0) is 37.4 Å². The highest BCUT2D eigenvalue weighted by Crippen LogP contribution is 2.18. The van der Waals surface area contributed by atoms with E-state index in [1.165, 1.54) is 23.8 Å². The molecule has 0 fully saturated rings. The van der Waals surface area contributed by atoms with Gasteiger partial charge in [-0.1, -0.05) is 36.4 Å². The highest BCUT2D eigenvalue weighted by Gasteiger charge is 2.09. The summed E-state index contributed by atoms with van der Waals surface area (Å²) < 4.78 is 0. The molecule has 6 nitrogen and oxygen atoms in total. The number of para-hydroxylation sites is 1. The van der Waals surface area contributed by atoms with Gasteiger partial charge < -0.3 is 10.2 Å². The van der Waals surface area contributed by atoms with Crippen LogP contribution in [0.25, 0.3) is 6.08 Å². The predicted octanol–water partition coefficient (Wildman–Crippen LogP) is 2.99. The summed E-state index contributed by atoms with van der Waals surface area (Å²) in [7, 11) is 4.00. The number of hydrogen-bond acceptors (Lipinski definition) is 4. The molecular weight excluding hydrogens is 318 g/mol. The number of nitro groups is 1. The zero-order chi connectivity index (χ0) is 18.2. The maximum atomic E-state index is 12.0. The first-order valence-corrected chi connectivity index (χ1v) is 7.87. The summed E-state index contributed by atoms with van der Waals surface area (Å²) in [6.07, 6.45) is 2.77. The Morgan fingerprint density at radius 3 is 2.60 bits per heavy atom. The van der Waals surface area contributed by atoms with Crippen molar-refractivity contribution in [2.45, 2.75) is 13.1 Å². The molecule has 0 aliphatic rings. The molecule has 1 amide bonds. The Hall–Kier alpha value is -2.99. The minimum absolute atomic E-state index is 0.0251. The van der Waals surface area contributed by atoms with Crippen molar-refractivity contribution in [3.05, 3.63) is 81.4 Å². The maximum Gasteiger partial charge on any atom is 0.276 e. The zero-order valence-electron chi connectivity index (χ0n) is 14.3. The molecule has 0 bridgehead atoms. The highest BCUT2D eigenvalue weighted by atomic mass is 16.6. The first-order chi connectivity index (χ1) is 12.0. The van der Waals surface area contributed by atoms with Gasteiger partial charge in [0, 0.05) is 25.2 Å². The average Bonchev–Trinajstić information content (AvgIpc) is 2.58. The van der Waals surface area contributed by atoms with Crippen molar-refractivity contribution in [1.29, 1.82) is 0 Å². The van der Waals surface area contributed by atoms with Crippen LogP contribution in [0.4, 0.5) is 5.69 Å². The van der Waals surface area contributed by atoms with E-state index in [-0.39, 0.29) is 11.6 Å². The molecule has 0 atom stereocenters. The fourth-order valence-electron chi connectivity index (χ4n) is 2.41. The Kier molecular flexibility index (Phi) is 6.42. The second-order valence-corrected chi connectivity index (χ2v) is 5.92. The smallest absolute Gasteiger partial charge is 0.276 e. The quantitative estimate of drug-likeness (QED) is 0.478. The number of amides is 1. The van der Waals surface area contributed by atoms with Crippen LogP contribution < -0.4 is 5.32 Å². The third kappa shape index (κ3) is 5.86. The molecule has 2 aromatic rings. The molecule has 2 aromatic carbocycles. The van der Waals surface area contributed by atoms with Gasteiger partial charge in [-0.25, -0.2) is 0 Å². The minimum Gasteiger partial charge on any atom is -0.348 e. The van der Waals surface area contributed by atoms with Crippen LogP contribution in [0.15, 0.2) is 54.6 Å². The lowest BCUT2D eigenvalue weighted by molar-refractivity contribution is -0.385. The second kappa shape index (κ2) is 8.75. The van der Waals surface area contributed by atoms with E-state index in [4.69, 9.17) is 0 Å². The fourth-order valence-corrected chi connectivity index (χ4v) is 2.41. The first-order valence-electron chi connectivity index (χ1n) is 7.87. The lowest BCUT2D eigenvalue weighted by Crippen LogP contribution is -2.20. The Labute approximate surface area is 146 Å². The van der Waals surface area contributed by atoms with E-state index in [2.05, 4.69) is 10.2 Å². The van der Waals surface area contributed by atoms with Crippen molar-refractivity contribution in [2.24, 2.45) is 0 Å². The molecule has 0 radical (unpaired) electrons. The Morgan fingerprint density at radius 1 is 1.16 bits per heavy atom. The normalized spacial score (nSPS) is 11.0. The number of nitrogens with zero attached hydrogens (tertiary/aromatic N) is 2. The molecule has 1 N–H and O–H groups in total. The fraction of sp³-hybridized carbons (Fsp3) is 0.211. The topological polar surface area (TPSA) is 75.5 Å². The van der Waals surface area contributed by atoms with Gasteiger partial charge in [0.25, 0.3) is 5.69 Å². The molecule has 0 saturated carbocycles. The maximum absolute atomic E-state index is 12.0. The Bertz CT molecular complexity index is 785. The number of carbonyl (C=O) groups is 1. The molecule has 0 aliphatic heterocycles. The van der Waals surface area contributed by atoms with Gasteiger partial charge in [-0.2, -0.15) is 0 Å². The van der Waals surface area contributed by atoms with Crippen molar-refractivity contribution in [3.8, 4) is 0 Å². The molecular formula is C19H21N3O3. The molecule has 25 heavy (non-hydrogen) atoms. The largest absolute Gasteiger partial charge is 0.348 e. The van der Waals surface area contributed by atoms with Crippen molar-refractivity contribution in [3.63, 3.8) is 0 Å². The summed E-state index contributed by atoms with van der Waals surface area (Å²) in [4.78, 5) is 24.5. The van der Waals surface area contributed by atoms with Crippen molar-refractivity contribution >= 4 is 17.7 Å². The van der Waals surface area contributed by atoms with Crippen molar-refractivity contribution in [2.75, 3.05) is 14.1 Å². The van der Waals surface area contributed by atoms with Crippen LogP contribution in [0.2, 0.25) is 0 Å². The van der Waals surface area contributed by atoms with Gasteiger partial charge in [-0.3, -0.25) is 14.9 Å². The predicted molar refractivity (Wildman–Crippen MR) is 97.8 cm³/mol. The van der Waals surface area contributed by atoms with Crippen molar-refractivity contribution < 1.29 is 9.72 Å². The molecule has 0 aliphatic carbocycles. The van der Waals surface area contributed by atoms with E-state index in [1.807, 2.05) is 38.4 Å². The summed E-state index contributed by atoms with van der Waals surface area (Å²) in [5.41, 5.74) is 2.55. The summed E-state index contributed by atoms with van der Waals surface area (Å²) in [6, 6.07) is 14.3. The molecule has 0 spiro atoms. The summed E-state index contributed by atoms with van der Waals surface area (Å²) >= 11 is 0. The Morgan fingerprint density at radius 2 is 1.88 bits per heavy atom. The molecule has 0 unspecified atom stereocenters. The molecule has 0 saturated heterocycles. The molecule has 2 rings (SSSR count). The van der Waals surface area contributed by atoms with Gasteiger partial charge in [0.05, 0.1) is 10.5 Å². The molecule has 130 valence electrons. The number of rotatable bonds is 7. The van der Waals surface area contributed by atoms with Gasteiger partial charge in [-0.15, -0.1) is 0 Å². The summed E-state index contributed by atoms with van der Waals surface area (Å²) in [5, 5.41) is 13.7. The average molecular weight is 339 g/mol. The van der Waals surface area contributed by atoms with Gasteiger partial charge in [0.15, 0.2) is 0 Å². The van der Waals surface area contributed by atoms with E-state index in [0.29, 0.717) is 12.1 Å². The first kappa shape index (κ1) is 18.4. The van der Waals surface area contributed by atoms with Crippen LogP contribution in [0.5, 0.6) is 0 Å². The van der Waals surface area contributed by atoms with Crippen LogP contribution in [0.3, 0.4) is 0 Å². The molecule has 0 aromatic heterocycles. The van der Waals surface area contributed by atoms with Crippen LogP contribution in [-0.4, -0.2) is 29.8 Å². The van der Waals surface area contributed by atoms with Crippen molar-refractivity contribution in [1.82, 2.24) is 10.2 Å². The highest BCUT2D eigenvalue weighted by molar-refractivity contribution is 5.92. The third-order valence-corrected chi connectivity index (χ3v) is 3.50. The standard InChI is InChI=1S/C19H21N3O3/c1-21(2)14-16-7-5-6-15(12-16)13-20-19(23)11-10-17-8-3-4-9-18(17)22(24)25/h3-12H,13-14H2,1-2H3,(H,20,23). The number of carbonyl (C=O) groups excluding carboxylic acids is 1. The summed E-state index contributed by atoms with van der Waals surface area (Å²) in [6.45, 7) is 1.24. The van der Waals surface area contributed by atoms with E-state index in [0.717, 1.165) is 12.1 Å². The number of hydrogen-bond donors (Lipinski definition) is 1.